The van der Waals surface area contributed by atoms with Crippen LogP contribution in [0.25, 0.3) is 0 Å². The van der Waals surface area contributed by atoms with Gasteiger partial charge in [-0.2, -0.15) is 0 Å². The van der Waals surface area contributed by atoms with Crippen LogP contribution in [-0.4, -0.2) is 11.7 Å². The molecule has 0 spiro atoms. The van der Waals surface area contributed by atoms with Crippen molar-refractivity contribution in [3.63, 3.8) is 0 Å². The van der Waals surface area contributed by atoms with Gasteiger partial charge in [-0.25, -0.2) is 4.39 Å². The highest BCUT2D eigenvalue weighted by molar-refractivity contribution is 9.10. The van der Waals surface area contributed by atoms with Gasteiger partial charge in [0.05, 0.1) is 6.61 Å². The molecular weight excluding hydrogens is 323 g/mol. The van der Waals surface area contributed by atoms with Gasteiger partial charge in [0.25, 0.3) is 0 Å². The predicted molar refractivity (Wildman–Crippen MR) is 78.4 cm³/mol. The molecule has 2 aromatic rings. The highest BCUT2D eigenvalue weighted by Crippen LogP contribution is 2.31. The molecule has 20 heavy (non-hydrogen) atoms. The van der Waals surface area contributed by atoms with Crippen molar-refractivity contribution in [2.24, 2.45) is 0 Å². The zero-order valence-corrected chi connectivity index (χ0v) is 12.4. The van der Waals surface area contributed by atoms with Crippen LogP contribution < -0.4 is 4.74 Å². The van der Waals surface area contributed by atoms with Gasteiger partial charge in [0.15, 0.2) is 0 Å². The molecule has 0 aliphatic carbocycles. The van der Waals surface area contributed by atoms with E-state index in [0.29, 0.717) is 10.0 Å². The number of hydrogen-bond acceptors (Lipinski definition) is 2. The summed E-state index contributed by atoms with van der Waals surface area (Å²) >= 11 is 3.24. The lowest BCUT2D eigenvalue weighted by Gasteiger charge is -2.20. The molecule has 0 radical (unpaired) electrons. The molecule has 3 rings (SSSR count). The van der Waals surface area contributed by atoms with Crippen molar-refractivity contribution in [1.82, 2.24) is 0 Å². The van der Waals surface area contributed by atoms with Gasteiger partial charge in [-0.1, -0.05) is 22.0 Å². The average molecular weight is 337 g/mol. The van der Waals surface area contributed by atoms with E-state index in [-0.39, 0.29) is 5.82 Å². The third-order valence-electron chi connectivity index (χ3n) is 3.45. The summed E-state index contributed by atoms with van der Waals surface area (Å²) in [6.45, 7) is 0.742. The SMILES string of the molecule is OC(c1cc(F)cc(Br)c1)c1ccc2c(c1)CCCO2. The molecule has 2 nitrogen and oxygen atoms in total. The molecule has 0 saturated heterocycles. The maximum atomic E-state index is 13.4. The molecule has 0 fully saturated rings. The summed E-state index contributed by atoms with van der Waals surface area (Å²) in [5.74, 6) is 0.516. The minimum Gasteiger partial charge on any atom is -0.493 e. The van der Waals surface area contributed by atoms with Crippen LogP contribution >= 0.6 is 15.9 Å². The van der Waals surface area contributed by atoms with E-state index in [4.69, 9.17) is 4.74 Å². The molecule has 104 valence electrons. The van der Waals surface area contributed by atoms with Crippen LogP contribution in [0.2, 0.25) is 0 Å². The first-order valence-corrected chi connectivity index (χ1v) is 7.32. The van der Waals surface area contributed by atoms with Crippen molar-refractivity contribution in [3.05, 3.63) is 63.4 Å². The van der Waals surface area contributed by atoms with Crippen molar-refractivity contribution in [3.8, 4) is 5.75 Å². The number of aliphatic hydroxyl groups is 1. The monoisotopic (exact) mass is 336 g/mol. The molecule has 0 aromatic heterocycles. The number of ether oxygens (including phenoxy) is 1. The number of aliphatic hydroxyl groups excluding tert-OH is 1. The molecule has 2 aromatic carbocycles. The molecule has 1 aliphatic heterocycles. The highest BCUT2D eigenvalue weighted by atomic mass is 79.9. The second-order valence-corrected chi connectivity index (χ2v) is 5.84. The normalized spacial score (nSPS) is 15.3. The van der Waals surface area contributed by atoms with Gasteiger partial charge in [0, 0.05) is 4.47 Å². The summed E-state index contributed by atoms with van der Waals surface area (Å²) in [6, 6.07) is 10.1. The van der Waals surface area contributed by atoms with Crippen LogP contribution in [0.4, 0.5) is 4.39 Å². The number of rotatable bonds is 2. The van der Waals surface area contributed by atoms with Crippen LogP contribution in [0, 0.1) is 5.82 Å². The fourth-order valence-electron chi connectivity index (χ4n) is 2.48. The van der Waals surface area contributed by atoms with Crippen LogP contribution in [0.15, 0.2) is 40.9 Å². The Kier molecular flexibility index (Phi) is 3.76. The predicted octanol–water partition coefficient (Wildman–Crippen LogP) is 3.99. The first-order valence-electron chi connectivity index (χ1n) is 6.53. The highest BCUT2D eigenvalue weighted by Gasteiger charge is 2.16. The topological polar surface area (TPSA) is 29.5 Å². The van der Waals surface area contributed by atoms with E-state index in [1.807, 2.05) is 18.2 Å². The smallest absolute Gasteiger partial charge is 0.124 e. The number of benzene rings is 2. The standard InChI is InChI=1S/C16H14BrFO2/c17-13-7-12(8-14(18)9-13)16(19)11-3-4-15-10(6-11)2-1-5-20-15/h3-4,6-9,16,19H,1-2,5H2. The molecular formula is C16H14BrFO2. The lowest BCUT2D eigenvalue weighted by atomic mass is 9.97. The molecule has 1 atom stereocenters. The lowest BCUT2D eigenvalue weighted by molar-refractivity contribution is 0.219. The van der Waals surface area contributed by atoms with Crippen molar-refractivity contribution >= 4 is 15.9 Å². The minimum absolute atomic E-state index is 0.366. The Balaban J connectivity index is 1.95. The summed E-state index contributed by atoms with van der Waals surface area (Å²) in [5, 5.41) is 10.4. The van der Waals surface area contributed by atoms with E-state index in [9.17, 15) is 9.50 Å². The third-order valence-corrected chi connectivity index (χ3v) is 3.91. The van der Waals surface area contributed by atoms with Gasteiger partial charge in [-0.3, -0.25) is 0 Å². The summed E-state index contributed by atoms with van der Waals surface area (Å²) in [6.07, 6.45) is 1.09. The Labute approximate surface area is 125 Å². The van der Waals surface area contributed by atoms with E-state index < -0.39 is 6.10 Å². The van der Waals surface area contributed by atoms with Gasteiger partial charge in [0.1, 0.15) is 17.7 Å². The first kappa shape index (κ1) is 13.6. The Morgan fingerprint density at radius 1 is 1.15 bits per heavy atom. The Bertz CT molecular complexity index is 622. The summed E-state index contributed by atoms with van der Waals surface area (Å²) in [5.41, 5.74) is 2.39. The Hall–Kier alpha value is -1.39. The van der Waals surface area contributed by atoms with Gasteiger partial charge in [-0.15, -0.1) is 0 Å². The maximum absolute atomic E-state index is 13.4. The number of aryl methyl sites for hydroxylation is 1. The second-order valence-electron chi connectivity index (χ2n) is 4.92. The van der Waals surface area contributed by atoms with E-state index in [1.165, 1.54) is 12.1 Å². The average Bonchev–Trinajstić information content (AvgIpc) is 2.45. The van der Waals surface area contributed by atoms with E-state index in [0.717, 1.165) is 36.3 Å². The van der Waals surface area contributed by atoms with Crippen molar-refractivity contribution in [1.29, 1.82) is 0 Å². The summed E-state index contributed by atoms with van der Waals surface area (Å²) in [4.78, 5) is 0. The van der Waals surface area contributed by atoms with Gasteiger partial charge in [0.2, 0.25) is 0 Å². The molecule has 1 aliphatic rings. The summed E-state index contributed by atoms with van der Waals surface area (Å²) < 4.78 is 19.6. The van der Waals surface area contributed by atoms with Crippen LogP contribution in [0.1, 0.15) is 29.2 Å². The Morgan fingerprint density at radius 2 is 2.00 bits per heavy atom. The molecule has 0 saturated carbocycles. The van der Waals surface area contributed by atoms with E-state index >= 15 is 0 Å². The van der Waals surface area contributed by atoms with Crippen molar-refractivity contribution < 1.29 is 14.2 Å². The minimum atomic E-state index is -0.839. The Morgan fingerprint density at radius 3 is 2.80 bits per heavy atom. The zero-order valence-electron chi connectivity index (χ0n) is 10.8. The second kappa shape index (κ2) is 5.54. The fourth-order valence-corrected chi connectivity index (χ4v) is 2.96. The fraction of sp³-hybridized carbons (Fsp3) is 0.250. The quantitative estimate of drug-likeness (QED) is 0.898. The number of hydrogen-bond donors (Lipinski definition) is 1. The first-order chi connectivity index (χ1) is 9.63. The molecule has 4 heteroatoms. The van der Waals surface area contributed by atoms with E-state index in [1.54, 1.807) is 6.07 Å². The summed E-state index contributed by atoms with van der Waals surface area (Å²) in [7, 11) is 0. The molecule has 0 bridgehead atoms. The van der Waals surface area contributed by atoms with Crippen LogP contribution in [-0.2, 0) is 6.42 Å². The third kappa shape index (κ3) is 2.72. The van der Waals surface area contributed by atoms with Crippen LogP contribution in [0.3, 0.4) is 0 Å². The number of halogens is 2. The number of fused-ring (bicyclic) bond motifs is 1. The lowest BCUT2D eigenvalue weighted by Crippen LogP contribution is -2.09. The van der Waals surface area contributed by atoms with Gasteiger partial charge < -0.3 is 9.84 Å². The van der Waals surface area contributed by atoms with Gasteiger partial charge in [-0.05, 0) is 59.9 Å². The zero-order chi connectivity index (χ0) is 14.1. The maximum Gasteiger partial charge on any atom is 0.124 e. The van der Waals surface area contributed by atoms with Crippen molar-refractivity contribution in [2.75, 3.05) is 6.61 Å². The molecule has 0 amide bonds. The molecule has 1 heterocycles. The van der Waals surface area contributed by atoms with E-state index in [2.05, 4.69) is 15.9 Å². The van der Waals surface area contributed by atoms with Gasteiger partial charge >= 0.3 is 0 Å². The van der Waals surface area contributed by atoms with Crippen molar-refractivity contribution in [2.45, 2.75) is 18.9 Å². The molecule has 1 unspecified atom stereocenters. The molecule has 1 N–H and O–H groups in total. The largest absolute Gasteiger partial charge is 0.493 e. The van der Waals surface area contributed by atoms with Crippen LogP contribution in [0.5, 0.6) is 5.75 Å².